The van der Waals surface area contributed by atoms with E-state index in [0.29, 0.717) is 12.0 Å². The normalized spacial score (nSPS) is 12.8. The Hall–Kier alpha value is -2.49. The standard InChI is InChI=1S/C20H26F4N4O2/c1-3-4-5-6-9-28-17(26-19(27-28)20(22,23)24)11-25-18(30)13(2)14-7-8-15(12-29)16(21)10-14/h7-8,10,13,29H,3-6,9,11-12H2,1-2H3,(H,25,30). The van der Waals surface area contributed by atoms with E-state index in [1.165, 1.54) is 16.8 Å². The fraction of sp³-hybridized carbons (Fsp3) is 0.550. The van der Waals surface area contributed by atoms with Crippen molar-refractivity contribution in [2.24, 2.45) is 0 Å². The van der Waals surface area contributed by atoms with Crippen molar-refractivity contribution in [3.05, 3.63) is 46.8 Å². The third kappa shape index (κ3) is 6.25. The average molecular weight is 430 g/mol. The number of aliphatic hydroxyl groups is 1. The number of hydrogen-bond donors (Lipinski definition) is 2. The van der Waals surface area contributed by atoms with Crippen LogP contribution in [0.1, 0.15) is 68.2 Å². The fourth-order valence-electron chi connectivity index (χ4n) is 2.92. The van der Waals surface area contributed by atoms with E-state index >= 15 is 0 Å². The number of rotatable bonds is 10. The first-order valence-electron chi connectivity index (χ1n) is 9.85. The predicted molar refractivity (Wildman–Crippen MR) is 102 cm³/mol. The molecule has 0 fully saturated rings. The van der Waals surface area contributed by atoms with E-state index in [2.05, 4.69) is 15.4 Å². The quantitative estimate of drug-likeness (QED) is 0.442. The number of nitrogens with one attached hydrogen (secondary N) is 1. The number of unbranched alkanes of at least 4 members (excludes halogenated alkanes) is 3. The van der Waals surface area contributed by atoms with Gasteiger partial charge in [-0.15, -0.1) is 5.10 Å². The molecule has 2 N–H and O–H groups in total. The maximum Gasteiger partial charge on any atom is 0.453 e. The molecule has 1 amide bonds. The van der Waals surface area contributed by atoms with Gasteiger partial charge in [0.1, 0.15) is 11.6 Å². The number of amides is 1. The zero-order valence-electron chi connectivity index (χ0n) is 17.0. The number of alkyl halides is 3. The first-order valence-corrected chi connectivity index (χ1v) is 9.85. The highest BCUT2D eigenvalue weighted by Gasteiger charge is 2.37. The summed E-state index contributed by atoms with van der Waals surface area (Å²) in [4.78, 5) is 16.0. The molecule has 0 spiro atoms. The van der Waals surface area contributed by atoms with E-state index in [1.807, 2.05) is 6.92 Å². The van der Waals surface area contributed by atoms with E-state index in [4.69, 9.17) is 5.11 Å². The maximum atomic E-state index is 13.8. The van der Waals surface area contributed by atoms with E-state index in [0.717, 1.165) is 25.3 Å². The topological polar surface area (TPSA) is 80.0 Å². The monoisotopic (exact) mass is 430 g/mol. The molecule has 0 aliphatic carbocycles. The van der Waals surface area contributed by atoms with Gasteiger partial charge >= 0.3 is 6.18 Å². The molecule has 0 saturated carbocycles. The molecule has 10 heteroatoms. The second-order valence-corrected chi connectivity index (χ2v) is 7.08. The van der Waals surface area contributed by atoms with Crippen LogP contribution in [0.15, 0.2) is 18.2 Å². The van der Waals surface area contributed by atoms with Crippen molar-refractivity contribution in [1.29, 1.82) is 0 Å². The lowest BCUT2D eigenvalue weighted by atomic mass is 9.98. The summed E-state index contributed by atoms with van der Waals surface area (Å²) < 4.78 is 54.0. The van der Waals surface area contributed by atoms with Crippen molar-refractivity contribution >= 4 is 5.91 Å². The van der Waals surface area contributed by atoms with Gasteiger partial charge in [-0.1, -0.05) is 38.3 Å². The van der Waals surface area contributed by atoms with Gasteiger partial charge in [-0.2, -0.15) is 13.2 Å². The Labute approximate surface area is 172 Å². The number of aryl methyl sites for hydroxylation is 1. The Morgan fingerprint density at radius 3 is 2.60 bits per heavy atom. The number of carbonyl (C=O) groups excluding carboxylic acids is 1. The lowest BCUT2D eigenvalue weighted by molar-refractivity contribution is -0.145. The van der Waals surface area contributed by atoms with Crippen LogP contribution in [0.25, 0.3) is 0 Å². The Morgan fingerprint density at radius 2 is 2.00 bits per heavy atom. The summed E-state index contributed by atoms with van der Waals surface area (Å²) in [6.45, 7) is 3.18. The highest BCUT2D eigenvalue weighted by molar-refractivity contribution is 5.83. The number of hydrogen-bond acceptors (Lipinski definition) is 4. The molecule has 2 aromatic rings. The number of nitrogens with zero attached hydrogens (tertiary/aromatic N) is 3. The molecule has 2 rings (SSSR count). The Balaban J connectivity index is 2.07. The van der Waals surface area contributed by atoms with Crippen LogP contribution in [-0.4, -0.2) is 25.8 Å². The lowest BCUT2D eigenvalue weighted by Gasteiger charge is -2.14. The first kappa shape index (κ1) is 23.8. The molecule has 0 saturated heterocycles. The number of aromatic nitrogens is 3. The molecule has 1 heterocycles. The maximum absolute atomic E-state index is 13.8. The summed E-state index contributed by atoms with van der Waals surface area (Å²) in [7, 11) is 0. The molecule has 30 heavy (non-hydrogen) atoms. The van der Waals surface area contributed by atoms with Crippen LogP contribution in [0, 0.1) is 5.82 Å². The summed E-state index contributed by atoms with van der Waals surface area (Å²) in [5.41, 5.74) is 0.501. The number of halogens is 4. The van der Waals surface area contributed by atoms with Gasteiger partial charge in [0.15, 0.2) is 0 Å². The van der Waals surface area contributed by atoms with Crippen molar-refractivity contribution < 1.29 is 27.5 Å². The SMILES string of the molecule is CCCCCCn1nc(C(F)(F)F)nc1CNC(=O)C(C)c1ccc(CO)c(F)c1. The zero-order chi connectivity index (χ0) is 22.3. The second kappa shape index (κ2) is 10.5. The largest absolute Gasteiger partial charge is 0.453 e. The van der Waals surface area contributed by atoms with Crippen LogP contribution in [0.5, 0.6) is 0 Å². The average Bonchev–Trinajstić information content (AvgIpc) is 3.12. The molecular formula is C20H26F4N4O2. The summed E-state index contributed by atoms with van der Waals surface area (Å²) in [5, 5.41) is 15.1. The summed E-state index contributed by atoms with van der Waals surface area (Å²) in [6.07, 6.45) is -1.20. The Bertz CT molecular complexity index is 852. The molecule has 0 bridgehead atoms. The molecule has 0 aliphatic heterocycles. The first-order chi connectivity index (χ1) is 14.2. The van der Waals surface area contributed by atoms with Crippen LogP contribution in [-0.2, 0) is 30.7 Å². The minimum absolute atomic E-state index is 0.0150. The highest BCUT2D eigenvalue weighted by atomic mass is 19.4. The van der Waals surface area contributed by atoms with Gasteiger partial charge in [-0.3, -0.25) is 4.79 Å². The molecule has 1 unspecified atom stereocenters. The van der Waals surface area contributed by atoms with Crippen molar-refractivity contribution in [2.75, 3.05) is 0 Å². The van der Waals surface area contributed by atoms with Crippen LogP contribution < -0.4 is 5.32 Å². The fourth-order valence-corrected chi connectivity index (χ4v) is 2.92. The minimum Gasteiger partial charge on any atom is -0.392 e. The van der Waals surface area contributed by atoms with Crippen LogP contribution in [0.2, 0.25) is 0 Å². The minimum atomic E-state index is -4.67. The van der Waals surface area contributed by atoms with E-state index in [9.17, 15) is 22.4 Å². The van der Waals surface area contributed by atoms with E-state index < -0.39 is 36.2 Å². The van der Waals surface area contributed by atoms with Crippen molar-refractivity contribution in [2.45, 2.75) is 71.3 Å². The van der Waals surface area contributed by atoms with Gasteiger partial charge in [0.2, 0.25) is 5.91 Å². The predicted octanol–water partition coefficient (Wildman–Crippen LogP) is 3.93. The number of benzene rings is 1. The summed E-state index contributed by atoms with van der Waals surface area (Å²) in [5.74, 6) is -3.08. The Morgan fingerprint density at radius 1 is 1.27 bits per heavy atom. The van der Waals surface area contributed by atoms with Gasteiger partial charge in [0.05, 0.1) is 19.1 Å². The summed E-state index contributed by atoms with van der Waals surface area (Å²) in [6, 6.07) is 4.07. The number of aliphatic hydroxyl groups excluding tert-OH is 1. The van der Waals surface area contributed by atoms with Gasteiger partial charge in [0.25, 0.3) is 5.82 Å². The van der Waals surface area contributed by atoms with Crippen LogP contribution >= 0.6 is 0 Å². The van der Waals surface area contributed by atoms with Crippen molar-refractivity contribution in [3.8, 4) is 0 Å². The van der Waals surface area contributed by atoms with Crippen molar-refractivity contribution in [3.63, 3.8) is 0 Å². The van der Waals surface area contributed by atoms with Crippen molar-refractivity contribution in [1.82, 2.24) is 20.1 Å². The second-order valence-electron chi connectivity index (χ2n) is 7.08. The van der Waals surface area contributed by atoms with Crippen LogP contribution in [0.3, 0.4) is 0 Å². The van der Waals surface area contributed by atoms with Gasteiger partial charge in [0, 0.05) is 12.1 Å². The third-order valence-electron chi connectivity index (χ3n) is 4.79. The molecule has 1 aromatic heterocycles. The molecule has 1 aromatic carbocycles. The molecule has 0 radical (unpaired) electrons. The number of carbonyl (C=O) groups is 1. The molecule has 166 valence electrons. The van der Waals surface area contributed by atoms with Gasteiger partial charge in [-0.05, 0) is 25.0 Å². The lowest BCUT2D eigenvalue weighted by Crippen LogP contribution is -2.29. The molecule has 0 aliphatic rings. The highest BCUT2D eigenvalue weighted by Crippen LogP contribution is 2.26. The van der Waals surface area contributed by atoms with E-state index in [1.54, 1.807) is 6.92 Å². The van der Waals surface area contributed by atoms with Crippen LogP contribution in [0.4, 0.5) is 17.6 Å². The Kier molecular flexibility index (Phi) is 8.33. The summed E-state index contributed by atoms with van der Waals surface area (Å²) >= 11 is 0. The van der Waals surface area contributed by atoms with Gasteiger partial charge < -0.3 is 10.4 Å². The molecule has 1 atom stereocenters. The zero-order valence-corrected chi connectivity index (χ0v) is 17.0. The van der Waals surface area contributed by atoms with Gasteiger partial charge in [-0.25, -0.2) is 14.1 Å². The third-order valence-corrected chi connectivity index (χ3v) is 4.79. The smallest absolute Gasteiger partial charge is 0.392 e. The molecular weight excluding hydrogens is 404 g/mol. The van der Waals surface area contributed by atoms with E-state index in [-0.39, 0.29) is 24.5 Å². The molecule has 6 nitrogen and oxygen atoms in total.